The van der Waals surface area contributed by atoms with Crippen LogP contribution in [-0.4, -0.2) is 63.8 Å². The highest BCUT2D eigenvalue weighted by molar-refractivity contribution is 7.92. The monoisotopic (exact) mass is 515 g/mol. The van der Waals surface area contributed by atoms with Crippen LogP contribution in [0, 0.1) is 5.82 Å². The van der Waals surface area contributed by atoms with Gasteiger partial charge in [-0.2, -0.15) is 0 Å². The van der Waals surface area contributed by atoms with Crippen molar-refractivity contribution in [3.05, 3.63) is 48.3 Å². The minimum atomic E-state index is -3.93. The molecule has 0 N–H and O–H groups in total. The number of sulfone groups is 1. The van der Waals surface area contributed by atoms with Crippen LogP contribution in [0.1, 0.15) is 13.3 Å². The first-order chi connectivity index (χ1) is 15.2. The van der Waals surface area contributed by atoms with Crippen LogP contribution in [0.15, 0.2) is 47.4 Å². The molecule has 0 unspecified atom stereocenters. The number of benzene rings is 2. The number of carbonyl (C=O) groups is 1. The number of rotatable bonds is 10. The quantitative estimate of drug-likeness (QED) is 0.379. The molecule has 0 bridgehead atoms. The molecule has 0 radical (unpaired) electrons. The molecule has 0 atom stereocenters. The van der Waals surface area contributed by atoms with Crippen LogP contribution in [0.4, 0.5) is 9.52 Å². The molecule has 0 aliphatic carbocycles. The highest BCUT2D eigenvalue weighted by Crippen LogP contribution is 2.32. The van der Waals surface area contributed by atoms with Crippen molar-refractivity contribution in [1.82, 2.24) is 9.88 Å². The highest BCUT2D eigenvalue weighted by atomic mass is 35.5. The molecule has 0 saturated heterocycles. The van der Waals surface area contributed by atoms with Gasteiger partial charge in [0.15, 0.2) is 15.0 Å². The molecule has 0 fully saturated rings. The number of amides is 1. The van der Waals surface area contributed by atoms with E-state index in [0.717, 1.165) is 23.4 Å². The summed E-state index contributed by atoms with van der Waals surface area (Å²) in [5.41, 5.74) is 0.709. The Kier molecular flexibility index (Phi) is 9.59. The number of anilines is 1. The molecule has 1 aromatic heterocycles. The fourth-order valence-electron chi connectivity index (χ4n) is 3.10. The Morgan fingerprint density at radius 2 is 1.82 bits per heavy atom. The molecule has 180 valence electrons. The number of carbonyl (C=O) groups excluding carboxylic acids is 1. The zero-order valence-electron chi connectivity index (χ0n) is 18.7. The van der Waals surface area contributed by atoms with E-state index in [4.69, 9.17) is 4.74 Å². The molecule has 33 heavy (non-hydrogen) atoms. The molecule has 3 aromatic rings. The zero-order chi connectivity index (χ0) is 23.3. The molecule has 0 saturated carbocycles. The van der Waals surface area contributed by atoms with Gasteiger partial charge < -0.3 is 9.64 Å². The first-order valence-corrected chi connectivity index (χ1v) is 12.6. The summed E-state index contributed by atoms with van der Waals surface area (Å²) in [7, 11) is -0.0689. The summed E-state index contributed by atoms with van der Waals surface area (Å²) in [6.45, 7) is 3.49. The molecule has 11 heteroatoms. The van der Waals surface area contributed by atoms with Crippen molar-refractivity contribution < 1.29 is 22.3 Å². The minimum Gasteiger partial charge on any atom is -0.494 e. The van der Waals surface area contributed by atoms with Gasteiger partial charge in [0.25, 0.3) is 0 Å². The van der Waals surface area contributed by atoms with Crippen molar-refractivity contribution in [2.45, 2.75) is 18.2 Å². The smallest absolute Gasteiger partial charge is 0.244 e. The van der Waals surface area contributed by atoms with Crippen molar-refractivity contribution in [3.8, 4) is 5.75 Å². The van der Waals surface area contributed by atoms with Crippen LogP contribution in [0.5, 0.6) is 5.75 Å². The van der Waals surface area contributed by atoms with Gasteiger partial charge >= 0.3 is 0 Å². The standard InChI is InChI=1S/C22H26FN3O4S2.ClH/c1-4-30-17-8-11-19-20(14-17)31-22(24-19)26(13-5-12-25(2)3)21(27)15-32(28,29)18-9-6-16(23)7-10-18;/h6-11,14H,4-5,12-13,15H2,1-3H3;1H. The summed E-state index contributed by atoms with van der Waals surface area (Å²) in [5.74, 6) is -1.13. The highest BCUT2D eigenvalue weighted by Gasteiger charge is 2.26. The van der Waals surface area contributed by atoms with E-state index >= 15 is 0 Å². The topological polar surface area (TPSA) is 79.8 Å². The Hall–Kier alpha value is -2.27. The Labute approximate surface area is 203 Å². The van der Waals surface area contributed by atoms with E-state index in [2.05, 4.69) is 4.98 Å². The molecular formula is C22H27ClFN3O4S2. The first-order valence-electron chi connectivity index (χ1n) is 10.2. The molecule has 1 heterocycles. The van der Waals surface area contributed by atoms with E-state index in [-0.39, 0.29) is 17.3 Å². The summed E-state index contributed by atoms with van der Waals surface area (Å²) >= 11 is 1.31. The summed E-state index contributed by atoms with van der Waals surface area (Å²) < 4.78 is 45.1. The minimum absolute atomic E-state index is 0. The lowest BCUT2D eigenvalue weighted by Gasteiger charge is -2.21. The first kappa shape index (κ1) is 27.0. The van der Waals surface area contributed by atoms with Gasteiger partial charge in [0.05, 0.1) is 21.7 Å². The van der Waals surface area contributed by atoms with Gasteiger partial charge in [0.2, 0.25) is 5.91 Å². The zero-order valence-corrected chi connectivity index (χ0v) is 21.1. The van der Waals surface area contributed by atoms with E-state index in [9.17, 15) is 17.6 Å². The van der Waals surface area contributed by atoms with E-state index in [1.165, 1.54) is 28.4 Å². The maximum atomic E-state index is 13.2. The normalized spacial score (nSPS) is 11.4. The maximum absolute atomic E-state index is 13.2. The van der Waals surface area contributed by atoms with Gasteiger partial charge in [-0.1, -0.05) is 11.3 Å². The lowest BCUT2D eigenvalue weighted by Crippen LogP contribution is -2.37. The molecular weight excluding hydrogens is 489 g/mol. The summed E-state index contributed by atoms with van der Waals surface area (Å²) in [6, 6.07) is 9.95. The second-order valence-corrected chi connectivity index (χ2v) is 10.5. The summed E-state index contributed by atoms with van der Waals surface area (Å²) in [5, 5.41) is 0.437. The van der Waals surface area contributed by atoms with Crippen LogP contribution in [0.3, 0.4) is 0 Å². The van der Waals surface area contributed by atoms with Gasteiger partial charge in [-0.05, 0) is 76.4 Å². The molecule has 2 aromatic carbocycles. The van der Waals surface area contributed by atoms with Gasteiger partial charge in [-0.25, -0.2) is 17.8 Å². The van der Waals surface area contributed by atoms with Crippen LogP contribution < -0.4 is 9.64 Å². The number of ether oxygens (including phenoxy) is 1. The van der Waals surface area contributed by atoms with Crippen molar-refractivity contribution >= 4 is 54.8 Å². The van der Waals surface area contributed by atoms with Gasteiger partial charge in [0, 0.05) is 6.54 Å². The number of halogens is 2. The van der Waals surface area contributed by atoms with E-state index in [1.807, 2.05) is 44.1 Å². The van der Waals surface area contributed by atoms with Crippen LogP contribution >= 0.6 is 23.7 Å². The predicted octanol–water partition coefficient (Wildman–Crippen LogP) is 4.01. The maximum Gasteiger partial charge on any atom is 0.244 e. The van der Waals surface area contributed by atoms with Gasteiger partial charge in [0.1, 0.15) is 17.3 Å². The molecule has 1 amide bonds. The summed E-state index contributed by atoms with van der Waals surface area (Å²) in [6.07, 6.45) is 0.648. The average molecular weight is 516 g/mol. The second-order valence-electron chi connectivity index (χ2n) is 7.47. The van der Waals surface area contributed by atoms with Gasteiger partial charge in [-0.15, -0.1) is 12.4 Å². The van der Waals surface area contributed by atoms with Crippen molar-refractivity contribution in [3.63, 3.8) is 0 Å². The number of fused-ring (bicyclic) bond motifs is 1. The van der Waals surface area contributed by atoms with Crippen molar-refractivity contribution in [1.29, 1.82) is 0 Å². The van der Waals surface area contributed by atoms with Crippen LogP contribution in [-0.2, 0) is 14.6 Å². The van der Waals surface area contributed by atoms with E-state index in [1.54, 1.807) is 0 Å². The molecule has 0 spiro atoms. The number of aromatic nitrogens is 1. The number of hydrogen-bond donors (Lipinski definition) is 0. The van der Waals surface area contributed by atoms with E-state index in [0.29, 0.717) is 36.0 Å². The lowest BCUT2D eigenvalue weighted by molar-refractivity contribution is -0.116. The van der Waals surface area contributed by atoms with Crippen LogP contribution in [0.2, 0.25) is 0 Å². The Morgan fingerprint density at radius 1 is 1.12 bits per heavy atom. The Balaban J connectivity index is 0.00000385. The van der Waals surface area contributed by atoms with E-state index < -0.39 is 27.3 Å². The van der Waals surface area contributed by atoms with Gasteiger partial charge in [-0.3, -0.25) is 9.69 Å². The fourth-order valence-corrected chi connectivity index (χ4v) is 5.34. The number of nitrogens with zero attached hydrogens (tertiary/aromatic N) is 3. The third kappa shape index (κ3) is 7.10. The molecule has 7 nitrogen and oxygen atoms in total. The third-order valence-electron chi connectivity index (χ3n) is 4.66. The lowest BCUT2D eigenvalue weighted by atomic mass is 10.3. The second kappa shape index (κ2) is 11.7. The fraction of sp³-hybridized carbons (Fsp3) is 0.364. The van der Waals surface area contributed by atoms with Crippen LogP contribution in [0.25, 0.3) is 10.2 Å². The summed E-state index contributed by atoms with van der Waals surface area (Å²) in [4.78, 5) is 21.0. The Morgan fingerprint density at radius 3 is 2.45 bits per heavy atom. The average Bonchev–Trinajstić information content (AvgIpc) is 3.14. The number of thiazole rings is 1. The number of hydrogen-bond acceptors (Lipinski definition) is 7. The van der Waals surface area contributed by atoms with Crippen molar-refractivity contribution in [2.24, 2.45) is 0 Å². The predicted molar refractivity (Wildman–Crippen MR) is 132 cm³/mol. The molecule has 0 aliphatic rings. The molecule has 0 aliphatic heterocycles. The SMILES string of the molecule is CCOc1ccc2nc(N(CCCN(C)C)C(=O)CS(=O)(=O)c3ccc(F)cc3)sc2c1.Cl. The molecule has 3 rings (SSSR count). The Bertz CT molecular complexity index is 1180. The van der Waals surface area contributed by atoms with Crippen molar-refractivity contribution in [2.75, 3.05) is 44.4 Å². The third-order valence-corrected chi connectivity index (χ3v) is 7.32. The largest absolute Gasteiger partial charge is 0.494 e.